The number of rotatable bonds is 13. The molecule has 0 spiro atoms. The van der Waals surface area contributed by atoms with Gasteiger partial charge in [-0.25, -0.2) is 0 Å². The van der Waals surface area contributed by atoms with E-state index in [-0.39, 0.29) is 11.9 Å². The van der Waals surface area contributed by atoms with Crippen LogP contribution in [0.5, 0.6) is 0 Å². The van der Waals surface area contributed by atoms with Gasteiger partial charge >= 0.3 is 0 Å². The largest absolute Gasteiger partial charge is 0.381 e. The van der Waals surface area contributed by atoms with Crippen LogP contribution in [0.15, 0.2) is 30.3 Å². The summed E-state index contributed by atoms with van der Waals surface area (Å²) in [7, 11) is 1.76. The summed E-state index contributed by atoms with van der Waals surface area (Å²) < 4.78 is 5.53. The zero-order valence-corrected chi connectivity index (χ0v) is 14.4. The number of hydrogen-bond donors (Lipinski definition) is 0. The third kappa shape index (κ3) is 8.33. The van der Waals surface area contributed by atoms with Gasteiger partial charge in [-0.05, 0) is 12.8 Å². The van der Waals surface area contributed by atoms with Crippen molar-refractivity contribution in [3.63, 3.8) is 0 Å². The maximum atomic E-state index is 12.1. The van der Waals surface area contributed by atoms with Gasteiger partial charge in [0, 0.05) is 19.1 Å². The van der Waals surface area contributed by atoms with E-state index in [0.29, 0.717) is 6.42 Å². The molecule has 1 rings (SSSR count). The highest BCUT2D eigenvalue weighted by atomic mass is 16.5. The van der Waals surface area contributed by atoms with Crippen molar-refractivity contribution in [1.82, 2.24) is 0 Å². The Labute approximate surface area is 136 Å². The monoisotopic (exact) mass is 304 g/mol. The van der Waals surface area contributed by atoms with Crippen LogP contribution < -0.4 is 0 Å². The van der Waals surface area contributed by atoms with Gasteiger partial charge in [0.2, 0.25) is 0 Å². The average molecular weight is 304 g/mol. The smallest absolute Gasteiger partial charge is 0.162 e. The fraction of sp³-hybridized carbons (Fsp3) is 0.650. The van der Waals surface area contributed by atoms with E-state index in [0.717, 1.165) is 18.4 Å². The first-order valence-corrected chi connectivity index (χ1v) is 8.89. The topological polar surface area (TPSA) is 26.3 Å². The molecule has 0 radical (unpaired) electrons. The molecule has 0 aromatic heterocycles. The van der Waals surface area contributed by atoms with E-state index in [9.17, 15) is 4.79 Å². The maximum absolute atomic E-state index is 12.1. The molecule has 2 heteroatoms. The first kappa shape index (κ1) is 18.9. The highest BCUT2D eigenvalue weighted by Gasteiger charge is 2.11. The molecule has 0 amide bonds. The van der Waals surface area contributed by atoms with Crippen LogP contribution in [-0.4, -0.2) is 19.0 Å². The number of hydrogen-bond acceptors (Lipinski definition) is 2. The van der Waals surface area contributed by atoms with Crippen LogP contribution in [0.25, 0.3) is 0 Å². The molecule has 0 heterocycles. The number of methoxy groups -OCH3 is 1. The number of ether oxygens (including phenoxy) is 1. The van der Waals surface area contributed by atoms with Crippen LogP contribution in [0, 0.1) is 0 Å². The summed E-state index contributed by atoms with van der Waals surface area (Å²) in [6.07, 6.45) is 11.9. The first-order valence-electron chi connectivity index (χ1n) is 8.89. The Bertz CT molecular complexity index is 386. The van der Waals surface area contributed by atoms with Gasteiger partial charge in [0.05, 0.1) is 6.10 Å². The number of benzene rings is 1. The normalized spacial score (nSPS) is 12.3. The molecular formula is C20H32O2. The number of carbonyl (C=O) groups is 1. The molecule has 0 bridgehead atoms. The third-order valence-corrected chi connectivity index (χ3v) is 4.25. The number of ketones is 1. The highest BCUT2D eigenvalue weighted by Crippen LogP contribution is 2.15. The van der Waals surface area contributed by atoms with Crippen LogP contribution in [0.1, 0.15) is 81.5 Å². The summed E-state index contributed by atoms with van der Waals surface area (Å²) in [5.74, 6) is 0.224. The van der Waals surface area contributed by atoms with E-state index < -0.39 is 0 Å². The Hall–Kier alpha value is -1.15. The minimum atomic E-state index is 0.224. The van der Waals surface area contributed by atoms with Crippen molar-refractivity contribution in [2.45, 2.75) is 77.2 Å². The number of carbonyl (C=O) groups excluding carboxylic acids is 1. The molecule has 0 aliphatic carbocycles. The first-order chi connectivity index (χ1) is 10.8. The molecule has 1 unspecified atom stereocenters. The molecule has 1 aromatic rings. The second kappa shape index (κ2) is 12.4. The molecule has 0 aliphatic rings. The molecular weight excluding hydrogens is 272 g/mol. The lowest BCUT2D eigenvalue weighted by Gasteiger charge is -2.14. The maximum Gasteiger partial charge on any atom is 0.162 e. The van der Waals surface area contributed by atoms with Gasteiger partial charge in [-0.1, -0.05) is 82.2 Å². The Balaban J connectivity index is 2.13. The van der Waals surface area contributed by atoms with Crippen molar-refractivity contribution in [3.8, 4) is 0 Å². The minimum Gasteiger partial charge on any atom is -0.381 e. The molecule has 22 heavy (non-hydrogen) atoms. The van der Waals surface area contributed by atoms with Crippen molar-refractivity contribution in [3.05, 3.63) is 35.9 Å². The van der Waals surface area contributed by atoms with E-state index in [1.807, 2.05) is 30.3 Å². The van der Waals surface area contributed by atoms with Crippen molar-refractivity contribution in [2.75, 3.05) is 7.11 Å². The zero-order chi connectivity index (χ0) is 16.0. The van der Waals surface area contributed by atoms with Crippen molar-refractivity contribution < 1.29 is 9.53 Å². The molecule has 124 valence electrons. The molecule has 0 saturated heterocycles. The van der Waals surface area contributed by atoms with Gasteiger partial charge < -0.3 is 4.74 Å². The number of Topliss-reactive ketones (excluding diaryl/α,β-unsaturated/α-hetero) is 1. The summed E-state index contributed by atoms with van der Waals surface area (Å²) in [5, 5.41) is 0. The van der Waals surface area contributed by atoms with E-state index in [4.69, 9.17) is 4.74 Å². The summed E-state index contributed by atoms with van der Waals surface area (Å²) in [5.41, 5.74) is 0.813. The quantitative estimate of drug-likeness (QED) is 0.340. The summed E-state index contributed by atoms with van der Waals surface area (Å²) >= 11 is 0. The Morgan fingerprint density at radius 3 is 2.23 bits per heavy atom. The van der Waals surface area contributed by atoms with Crippen LogP contribution in [0.2, 0.25) is 0 Å². The summed E-state index contributed by atoms with van der Waals surface area (Å²) in [6.45, 7) is 2.25. The lowest BCUT2D eigenvalue weighted by Crippen LogP contribution is -2.13. The predicted octanol–water partition coefficient (Wildman–Crippen LogP) is 5.81. The van der Waals surface area contributed by atoms with E-state index in [2.05, 4.69) is 6.92 Å². The Kier molecular flexibility index (Phi) is 10.7. The van der Waals surface area contributed by atoms with Crippen molar-refractivity contribution in [2.24, 2.45) is 0 Å². The molecule has 0 aliphatic heterocycles. The minimum absolute atomic E-state index is 0.224. The van der Waals surface area contributed by atoms with Gasteiger partial charge in [-0.15, -0.1) is 0 Å². The lowest BCUT2D eigenvalue weighted by molar-refractivity contribution is 0.0758. The molecule has 2 nitrogen and oxygen atoms in total. The van der Waals surface area contributed by atoms with Crippen molar-refractivity contribution >= 4 is 5.78 Å². The fourth-order valence-electron chi connectivity index (χ4n) is 2.77. The third-order valence-electron chi connectivity index (χ3n) is 4.25. The SMILES string of the molecule is CCCCCCCCCC(CCC(=O)c1ccccc1)OC. The lowest BCUT2D eigenvalue weighted by atomic mass is 10.0. The molecule has 0 fully saturated rings. The fourth-order valence-corrected chi connectivity index (χ4v) is 2.77. The molecule has 1 aromatic carbocycles. The van der Waals surface area contributed by atoms with Gasteiger partial charge in [-0.3, -0.25) is 4.79 Å². The van der Waals surface area contributed by atoms with Crippen LogP contribution in [-0.2, 0) is 4.74 Å². The molecule has 1 atom stereocenters. The number of unbranched alkanes of at least 4 members (excludes halogenated alkanes) is 6. The van der Waals surface area contributed by atoms with Crippen LogP contribution in [0.3, 0.4) is 0 Å². The average Bonchev–Trinajstić information content (AvgIpc) is 2.57. The van der Waals surface area contributed by atoms with Gasteiger partial charge in [0.25, 0.3) is 0 Å². The van der Waals surface area contributed by atoms with Crippen LogP contribution >= 0.6 is 0 Å². The molecule has 0 N–H and O–H groups in total. The van der Waals surface area contributed by atoms with E-state index >= 15 is 0 Å². The second-order valence-corrected chi connectivity index (χ2v) is 6.10. The van der Waals surface area contributed by atoms with E-state index in [1.54, 1.807) is 7.11 Å². The van der Waals surface area contributed by atoms with E-state index in [1.165, 1.54) is 44.9 Å². The van der Waals surface area contributed by atoms with Gasteiger partial charge in [-0.2, -0.15) is 0 Å². The standard InChI is InChI=1S/C20H32O2/c1-3-4-5-6-7-8-12-15-19(22-2)16-17-20(21)18-13-10-9-11-14-18/h9-11,13-14,19H,3-8,12,15-17H2,1-2H3. The Morgan fingerprint density at radius 2 is 1.59 bits per heavy atom. The summed E-state index contributed by atoms with van der Waals surface area (Å²) in [6, 6.07) is 9.55. The zero-order valence-electron chi connectivity index (χ0n) is 14.4. The molecule has 0 saturated carbocycles. The predicted molar refractivity (Wildman–Crippen MR) is 93.4 cm³/mol. The van der Waals surface area contributed by atoms with Gasteiger partial charge in [0.15, 0.2) is 5.78 Å². The highest BCUT2D eigenvalue weighted by molar-refractivity contribution is 5.95. The van der Waals surface area contributed by atoms with Gasteiger partial charge in [0.1, 0.15) is 0 Å². The Morgan fingerprint density at radius 1 is 0.955 bits per heavy atom. The second-order valence-electron chi connectivity index (χ2n) is 6.10. The van der Waals surface area contributed by atoms with Crippen molar-refractivity contribution in [1.29, 1.82) is 0 Å². The summed E-state index contributed by atoms with van der Waals surface area (Å²) in [4.78, 5) is 12.1. The van der Waals surface area contributed by atoms with Crippen LogP contribution in [0.4, 0.5) is 0 Å².